The summed E-state index contributed by atoms with van der Waals surface area (Å²) >= 11 is 0. The molecule has 0 bridgehead atoms. The third kappa shape index (κ3) is 1.48. The maximum Gasteiger partial charge on any atom is 0.243 e. The van der Waals surface area contributed by atoms with Crippen molar-refractivity contribution in [2.45, 2.75) is 32.6 Å². The molecule has 1 spiro atoms. The van der Waals surface area contributed by atoms with Gasteiger partial charge >= 0.3 is 0 Å². The average molecular weight is 244 g/mol. The fourth-order valence-corrected chi connectivity index (χ4v) is 3.41. The lowest BCUT2D eigenvalue weighted by molar-refractivity contribution is -0.128. The molecule has 1 aliphatic carbocycles. The molecular formula is C13H16N4O. The van der Waals surface area contributed by atoms with Gasteiger partial charge in [0, 0.05) is 5.41 Å². The standard InChI is InChI=1S/C13H16N4O/c1-8-4-2-3-5-13(8)9(6-14)11(16)17-12(18)10(13)7-15/h8,10H,2-5,16H2,1H3,(H,17,18). The van der Waals surface area contributed by atoms with Gasteiger partial charge in [0.25, 0.3) is 0 Å². The van der Waals surface area contributed by atoms with Gasteiger partial charge in [-0.3, -0.25) is 4.79 Å². The first-order valence-electron chi connectivity index (χ1n) is 6.18. The van der Waals surface area contributed by atoms with Crippen molar-refractivity contribution in [3.05, 3.63) is 11.4 Å². The van der Waals surface area contributed by atoms with Gasteiger partial charge < -0.3 is 11.1 Å². The highest BCUT2D eigenvalue weighted by atomic mass is 16.2. The summed E-state index contributed by atoms with van der Waals surface area (Å²) in [5.74, 6) is -0.935. The molecule has 0 aromatic rings. The Morgan fingerprint density at radius 1 is 1.44 bits per heavy atom. The molecule has 0 saturated heterocycles. The predicted octanol–water partition coefficient (Wildman–Crippen LogP) is 1.15. The Labute approximate surface area is 106 Å². The second kappa shape index (κ2) is 4.34. The molecule has 1 fully saturated rings. The minimum atomic E-state index is -0.810. The Balaban J connectivity index is 2.63. The summed E-state index contributed by atoms with van der Waals surface area (Å²) in [4.78, 5) is 12.0. The van der Waals surface area contributed by atoms with E-state index in [1.54, 1.807) is 0 Å². The Kier molecular flexibility index (Phi) is 3.00. The summed E-state index contributed by atoms with van der Waals surface area (Å²) in [6.45, 7) is 2.01. The molecule has 1 aliphatic heterocycles. The maximum absolute atomic E-state index is 12.0. The number of nitrogens with two attached hydrogens (primary N) is 1. The molecule has 0 aromatic carbocycles. The van der Waals surface area contributed by atoms with Crippen LogP contribution in [-0.2, 0) is 4.79 Å². The zero-order valence-corrected chi connectivity index (χ0v) is 10.4. The third-order valence-corrected chi connectivity index (χ3v) is 4.37. The first kappa shape index (κ1) is 12.4. The monoisotopic (exact) mass is 244 g/mol. The van der Waals surface area contributed by atoms with Crippen molar-refractivity contribution in [3.63, 3.8) is 0 Å². The summed E-state index contributed by atoms with van der Waals surface area (Å²) in [6.07, 6.45) is 3.60. The lowest BCUT2D eigenvalue weighted by atomic mass is 9.56. The van der Waals surface area contributed by atoms with Crippen molar-refractivity contribution < 1.29 is 4.79 Å². The normalized spacial score (nSPS) is 35.8. The molecule has 3 atom stereocenters. The van der Waals surface area contributed by atoms with E-state index in [1.165, 1.54) is 0 Å². The van der Waals surface area contributed by atoms with Crippen LogP contribution >= 0.6 is 0 Å². The predicted molar refractivity (Wildman–Crippen MR) is 64.1 cm³/mol. The van der Waals surface area contributed by atoms with Gasteiger partial charge in [0.1, 0.15) is 11.7 Å². The highest BCUT2D eigenvalue weighted by Gasteiger charge is 2.54. The van der Waals surface area contributed by atoms with E-state index in [2.05, 4.69) is 17.5 Å². The number of rotatable bonds is 0. The van der Waals surface area contributed by atoms with Crippen LogP contribution in [0.5, 0.6) is 0 Å². The van der Waals surface area contributed by atoms with Gasteiger partial charge in [-0.2, -0.15) is 10.5 Å². The number of hydrogen-bond acceptors (Lipinski definition) is 4. The number of nitriles is 2. The molecule has 2 rings (SSSR count). The van der Waals surface area contributed by atoms with Crippen LogP contribution in [0.1, 0.15) is 32.6 Å². The number of nitrogens with one attached hydrogen (secondary N) is 1. The van der Waals surface area contributed by atoms with Crippen molar-refractivity contribution in [1.82, 2.24) is 5.32 Å². The van der Waals surface area contributed by atoms with Crippen molar-refractivity contribution in [1.29, 1.82) is 10.5 Å². The zero-order chi connectivity index (χ0) is 13.3. The number of allylic oxidation sites excluding steroid dienone is 1. The van der Waals surface area contributed by atoms with Crippen molar-refractivity contribution in [3.8, 4) is 12.1 Å². The molecule has 0 aromatic heterocycles. The van der Waals surface area contributed by atoms with Gasteiger partial charge in [-0.25, -0.2) is 0 Å². The van der Waals surface area contributed by atoms with E-state index in [1.807, 2.05) is 6.92 Å². The first-order valence-corrected chi connectivity index (χ1v) is 6.18. The highest BCUT2D eigenvalue weighted by Crippen LogP contribution is 2.53. The fraction of sp³-hybridized carbons (Fsp3) is 0.615. The number of carbonyl (C=O) groups excluding carboxylic acids is 1. The summed E-state index contributed by atoms with van der Waals surface area (Å²) in [6, 6.07) is 4.19. The average Bonchev–Trinajstić information content (AvgIpc) is 2.33. The van der Waals surface area contributed by atoms with E-state index in [-0.39, 0.29) is 17.6 Å². The van der Waals surface area contributed by atoms with Crippen LogP contribution in [0.25, 0.3) is 0 Å². The SMILES string of the molecule is CC1CCCCC12C(C#N)=C(N)NC(=O)C2C#N. The zero-order valence-electron chi connectivity index (χ0n) is 10.4. The Bertz CT molecular complexity index is 496. The summed E-state index contributed by atoms with van der Waals surface area (Å²) < 4.78 is 0. The van der Waals surface area contributed by atoms with Gasteiger partial charge in [0.15, 0.2) is 0 Å². The highest BCUT2D eigenvalue weighted by molar-refractivity contribution is 5.86. The molecule has 1 amide bonds. The van der Waals surface area contributed by atoms with Crippen LogP contribution < -0.4 is 11.1 Å². The van der Waals surface area contributed by atoms with E-state index >= 15 is 0 Å². The van der Waals surface area contributed by atoms with Crippen LogP contribution in [0.4, 0.5) is 0 Å². The molecular weight excluding hydrogens is 228 g/mol. The Hall–Kier alpha value is -2.01. The Morgan fingerprint density at radius 2 is 2.17 bits per heavy atom. The van der Waals surface area contributed by atoms with Crippen LogP contribution in [0.2, 0.25) is 0 Å². The van der Waals surface area contributed by atoms with Gasteiger partial charge in [-0.15, -0.1) is 0 Å². The Morgan fingerprint density at radius 3 is 2.72 bits per heavy atom. The molecule has 3 N–H and O–H groups in total. The van der Waals surface area contributed by atoms with Crippen molar-refractivity contribution in [2.75, 3.05) is 0 Å². The first-order chi connectivity index (χ1) is 8.57. The molecule has 94 valence electrons. The summed E-state index contributed by atoms with van der Waals surface area (Å²) in [5.41, 5.74) is 5.48. The molecule has 0 radical (unpaired) electrons. The van der Waals surface area contributed by atoms with Gasteiger partial charge in [-0.05, 0) is 18.8 Å². The minimum Gasteiger partial charge on any atom is -0.384 e. The van der Waals surface area contributed by atoms with Gasteiger partial charge in [-0.1, -0.05) is 19.8 Å². The van der Waals surface area contributed by atoms with Gasteiger partial charge in [0.2, 0.25) is 5.91 Å². The van der Waals surface area contributed by atoms with E-state index in [4.69, 9.17) is 5.73 Å². The van der Waals surface area contributed by atoms with Crippen LogP contribution in [0.15, 0.2) is 11.4 Å². The van der Waals surface area contributed by atoms with E-state index < -0.39 is 11.3 Å². The van der Waals surface area contributed by atoms with Crippen LogP contribution in [0.3, 0.4) is 0 Å². The van der Waals surface area contributed by atoms with E-state index in [0.717, 1.165) is 19.3 Å². The quantitative estimate of drug-likeness (QED) is 0.667. The van der Waals surface area contributed by atoms with Gasteiger partial charge in [0.05, 0.1) is 17.7 Å². The lowest BCUT2D eigenvalue weighted by Gasteiger charge is -2.47. The van der Waals surface area contributed by atoms with Crippen LogP contribution in [0, 0.1) is 39.9 Å². The fourth-order valence-electron chi connectivity index (χ4n) is 3.41. The molecule has 1 heterocycles. The van der Waals surface area contributed by atoms with E-state index in [0.29, 0.717) is 12.0 Å². The summed E-state index contributed by atoms with van der Waals surface area (Å²) in [5, 5.41) is 21.1. The topological polar surface area (TPSA) is 103 Å². The molecule has 3 unspecified atom stereocenters. The maximum atomic E-state index is 12.0. The number of carbonyl (C=O) groups is 1. The number of hydrogen-bond donors (Lipinski definition) is 2. The largest absolute Gasteiger partial charge is 0.384 e. The second-order valence-electron chi connectivity index (χ2n) is 5.14. The lowest BCUT2D eigenvalue weighted by Crippen LogP contribution is -2.53. The van der Waals surface area contributed by atoms with E-state index in [9.17, 15) is 15.3 Å². The van der Waals surface area contributed by atoms with Crippen LogP contribution in [-0.4, -0.2) is 5.91 Å². The number of amides is 1. The molecule has 2 aliphatic rings. The molecule has 5 heteroatoms. The molecule has 1 saturated carbocycles. The molecule has 18 heavy (non-hydrogen) atoms. The van der Waals surface area contributed by atoms with Crippen molar-refractivity contribution in [2.24, 2.45) is 23.0 Å². The molecule has 5 nitrogen and oxygen atoms in total. The smallest absolute Gasteiger partial charge is 0.243 e. The minimum absolute atomic E-state index is 0.121. The third-order valence-electron chi connectivity index (χ3n) is 4.37. The number of nitrogens with zero attached hydrogens (tertiary/aromatic N) is 2. The van der Waals surface area contributed by atoms with Crippen molar-refractivity contribution >= 4 is 5.91 Å². The summed E-state index contributed by atoms with van der Waals surface area (Å²) in [7, 11) is 0. The second-order valence-corrected chi connectivity index (χ2v) is 5.14.